The summed E-state index contributed by atoms with van der Waals surface area (Å²) < 4.78 is 12.8. The molecule has 2 rings (SSSR count). The van der Waals surface area contributed by atoms with Crippen molar-refractivity contribution < 1.29 is 9.18 Å². The first kappa shape index (κ1) is 16.9. The van der Waals surface area contributed by atoms with E-state index in [1.165, 1.54) is 51.0 Å². The molecule has 1 fully saturated rings. The Labute approximate surface area is 122 Å². The average Bonchev–Trinajstić information content (AvgIpc) is 2.67. The van der Waals surface area contributed by atoms with Gasteiger partial charge in [-0.05, 0) is 49.3 Å². The number of aldehydes is 1. The van der Waals surface area contributed by atoms with Gasteiger partial charge < -0.3 is 4.79 Å². The lowest BCUT2D eigenvalue weighted by atomic mass is 9.91. The number of hydrogen-bond donors (Lipinski definition) is 0. The minimum absolute atomic E-state index is 0.124. The van der Waals surface area contributed by atoms with Gasteiger partial charge in [0.15, 0.2) is 0 Å². The van der Waals surface area contributed by atoms with Gasteiger partial charge in [0.25, 0.3) is 0 Å². The van der Waals surface area contributed by atoms with Crippen molar-refractivity contribution in [2.24, 2.45) is 11.8 Å². The van der Waals surface area contributed by atoms with E-state index in [1.807, 2.05) is 12.1 Å². The Kier molecular flexibility index (Phi) is 8.17. The molecule has 1 aromatic rings. The van der Waals surface area contributed by atoms with E-state index < -0.39 is 0 Å². The molecule has 1 saturated carbocycles. The Bertz CT molecular complexity index is 372. The molecule has 0 spiro atoms. The average molecular weight is 278 g/mol. The van der Waals surface area contributed by atoms with Crippen LogP contribution in [0.3, 0.4) is 0 Å². The molecule has 0 bridgehead atoms. The van der Waals surface area contributed by atoms with Gasteiger partial charge in [0.05, 0.1) is 0 Å². The molecule has 0 heterocycles. The standard InChI is InChI=1S/C16H23F.C2H4O/c1-2-13-4-3-5-14(7-6-13)12-15-8-10-16(17)11-9-15;1-2-3/h8-11,13-14H,2-7,12H2,1H3;2H,1H3. The lowest BCUT2D eigenvalue weighted by Gasteiger charge is -2.14. The van der Waals surface area contributed by atoms with Gasteiger partial charge in [-0.25, -0.2) is 4.39 Å². The molecule has 2 atom stereocenters. The summed E-state index contributed by atoms with van der Waals surface area (Å²) in [6, 6.07) is 7.05. The predicted molar refractivity (Wildman–Crippen MR) is 82.2 cm³/mol. The minimum atomic E-state index is -0.124. The molecule has 112 valence electrons. The molecular formula is C18H27FO. The van der Waals surface area contributed by atoms with E-state index in [9.17, 15) is 4.39 Å². The van der Waals surface area contributed by atoms with Crippen LogP contribution in [0, 0.1) is 17.7 Å². The maximum atomic E-state index is 12.8. The van der Waals surface area contributed by atoms with Crippen LogP contribution in [0.1, 0.15) is 57.9 Å². The minimum Gasteiger partial charge on any atom is -0.304 e. The fourth-order valence-corrected chi connectivity index (χ4v) is 3.02. The monoisotopic (exact) mass is 278 g/mol. The summed E-state index contributed by atoms with van der Waals surface area (Å²) in [6.45, 7) is 3.75. The summed E-state index contributed by atoms with van der Waals surface area (Å²) in [4.78, 5) is 8.81. The first-order valence-corrected chi connectivity index (χ1v) is 7.83. The molecule has 0 amide bonds. The normalized spacial score (nSPS) is 22.4. The van der Waals surface area contributed by atoms with Crippen LogP contribution in [0.25, 0.3) is 0 Å². The van der Waals surface area contributed by atoms with Gasteiger partial charge in [-0.3, -0.25) is 0 Å². The number of rotatable bonds is 3. The molecule has 1 nitrogen and oxygen atoms in total. The van der Waals surface area contributed by atoms with Crippen LogP contribution >= 0.6 is 0 Å². The number of halogens is 1. The van der Waals surface area contributed by atoms with Crippen molar-refractivity contribution in [2.45, 2.75) is 58.8 Å². The Hall–Kier alpha value is -1.18. The van der Waals surface area contributed by atoms with E-state index in [-0.39, 0.29) is 5.82 Å². The fraction of sp³-hybridized carbons (Fsp3) is 0.611. The van der Waals surface area contributed by atoms with E-state index >= 15 is 0 Å². The lowest BCUT2D eigenvalue weighted by Crippen LogP contribution is -2.03. The van der Waals surface area contributed by atoms with E-state index in [2.05, 4.69) is 6.92 Å². The van der Waals surface area contributed by atoms with Gasteiger partial charge in [-0.15, -0.1) is 0 Å². The van der Waals surface area contributed by atoms with Crippen molar-refractivity contribution in [2.75, 3.05) is 0 Å². The van der Waals surface area contributed by atoms with Crippen LogP contribution in [0.4, 0.5) is 4.39 Å². The maximum absolute atomic E-state index is 12.8. The largest absolute Gasteiger partial charge is 0.304 e. The molecule has 20 heavy (non-hydrogen) atoms. The van der Waals surface area contributed by atoms with Crippen molar-refractivity contribution >= 4 is 6.29 Å². The van der Waals surface area contributed by atoms with E-state index in [0.717, 1.165) is 24.5 Å². The van der Waals surface area contributed by atoms with Crippen molar-refractivity contribution in [3.05, 3.63) is 35.6 Å². The van der Waals surface area contributed by atoms with E-state index in [4.69, 9.17) is 4.79 Å². The zero-order valence-electron chi connectivity index (χ0n) is 12.8. The molecule has 0 aliphatic heterocycles. The second kappa shape index (κ2) is 9.68. The molecule has 0 N–H and O–H groups in total. The Morgan fingerprint density at radius 3 is 2.25 bits per heavy atom. The fourth-order valence-electron chi connectivity index (χ4n) is 3.02. The second-order valence-electron chi connectivity index (χ2n) is 5.71. The second-order valence-corrected chi connectivity index (χ2v) is 5.71. The molecule has 0 radical (unpaired) electrons. The van der Waals surface area contributed by atoms with Gasteiger partial charge in [-0.1, -0.05) is 51.2 Å². The van der Waals surface area contributed by atoms with Crippen LogP contribution in [-0.2, 0) is 11.2 Å². The SMILES string of the molecule is CC=O.CCC1CCCC(Cc2ccc(F)cc2)CC1. The third-order valence-corrected chi connectivity index (χ3v) is 4.22. The number of carbonyl (C=O) groups excluding carboxylic acids is 1. The Morgan fingerprint density at radius 1 is 1.10 bits per heavy atom. The van der Waals surface area contributed by atoms with Gasteiger partial charge in [0.2, 0.25) is 0 Å². The van der Waals surface area contributed by atoms with Crippen LogP contribution < -0.4 is 0 Å². The highest BCUT2D eigenvalue weighted by Crippen LogP contribution is 2.30. The van der Waals surface area contributed by atoms with Crippen molar-refractivity contribution in [3.8, 4) is 0 Å². The summed E-state index contributed by atoms with van der Waals surface area (Å²) in [6.07, 6.45) is 10.1. The topological polar surface area (TPSA) is 17.1 Å². The summed E-state index contributed by atoms with van der Waals surface area (Å²) in [7, 11) is 0. The van der Waals surface area contributed by atoms with Crippen molar-refractivity contribution in [1.82, 2.24) is 0 Å². The highest BCUT2D eigenvalue weighted by atomic mass is 19.1. The van der Waals surface area contributed by atoms with Gasteiger partial charge in [0.1, 0.15) is 12.1 Å². The number of carbonyl (C=O) groups is 1. The smallest absolute Gasteiger partial charge is 0.123 e. The summed E-state index contributed by atoms with van der Waals surface area (Å²) in [5, 5.41) is 0. The zero-order chi connectivity index (χ0) is 14.8. The van der Waals surface area contributed by atoms with Crippen LogP contribution in [0.15, 0.2) is 24.3 Å². The van der Waals surface area contributed by atoms with Crippen molar-refractivity contribution in [1.29, 1.82) is 0 Å². The highest BCUT2D eigenvalue weighted by molar-refractivity contribution is 5.44. The number of hydrogen-bond acceptors (Lipinski definition) is 1. The van der Waals surface area contributed by atoms with Gasteiger partial charge >= 0.3 is 0 Å². The third-order valence-electron chi connectivity index (χ3n) is 4.22. The Balaban J connectivity index is 0.000000612. The Morgan fingerprint density at radius 2 is 1.65 bits per heavy atom. The molecule has 0 aromatic heterocycles. The van der Waals surface area contributed by atoms with Crippen LogP contribution in [0.2, 0.25) is 0 Å². The van der Waals surface area contributed by atoms with E-state index in [0.29, 0.717) is 0 Å². The molecule has 2 heteroatoms. The van der Waals surface area contributed by atoms with Crippen LogP contribution in [0.5, 0.6) is 0 Å². The molecule has 1 aliphatic rings. The first-order chi connectivity index (χ1) is 9.69. The number of benzene rings is 1. The molecule has 0 saturated heterocycles. The molecule has 1 aromatic carbocycles. The maximum Gasteiger partial charge on any atom is 0.123 e. The quantitative estimate of drug-likeness (QED) is 0.550. The first-order valence-electron chi connectivity index (χ1n) is 7.83. The summed E-state index contributed by atoms with van der Waals surface area (Å²) in [5.74, 6) is 1.64. The molecule has 2 unspecified atom stereocenters. The highest BCUT2D eigenvalue weighted by Gasteiger charge is 2.17. The van der Waals surface area contributed by atoms with E-state index in [1.54, 1.807) is 12.1 Å². The molecular weight excluding hydrogens is 251 g/mol. The van der Waals surface area contributed by atoms with Crippen molar-refractivity contribution in [3.63, 3.8) is 0 Å². The van der Waals surface area contributed by atoms with Gasteiger partial charge in [-0.2, -0.15) is 0 Å². The van der Waals surface area contributed by atoms with Crippen LogP contribution in [-0.4, -0.2) is 6.29 Å². The lowest BCUT2D eigenvalue weighted by molar-refractivity contribution is -0.106. The third kappa shape index (κ3) is 6.31. The zero-order valence-corrected chi connectivity index (χ0v) is 12.8. The predicted octanol–water partition coefficient (Wildman–Crippen LogP) is 5.18. The van der Waals surface area contributed by atoms with Gasteiger partial charge in [0, 0.05) is 0 Å². The summed E-state index contributed by atoms with van der Waals surface area (Å²) in [5.41, 5.74) is 1.30. The summed E-state index contributed by atoms with van der Waals surface area (Å²) >= 11 is 0. The molecule has 1 aliphatic carbocycles.